The van der Waals surface area contributed by atoms with Gasteiger partial charge in [-0.2, -0.15) is 11.8 Å². The van der Waals surface area contributed by atoms with E-state index in [0.29, 0.717) is 18.9 Å². The number of nitrogens with two attached hydrogens (primary N) is 1. The number of hydrogen-bond donors (Lipinski definition) is 4. The van der Waals surface area contributed by atoms with Gasteiger partial charge in [0.1, 0.15) is 6.04 Å². The molecule has 0 heterocycles. The maximum absolute atomic E-state index is 12.3. The molecule has 2 atom stereocenters. The number of carboxylic acid groups (broad SMARTS) is 1. The van der Waals surface area contributed by atoms with Crippen LogP contribution < -0.4 is 16.4 Å². The minimum Gasteiger partial charge on any atom is -0.480 e. The highest BCUT2D eigenvalue weighted by Gasteiger charge is 2.30. The first kappa shape index (κ1) is 26.0. The molecule has 0 bridgehead atoms. The SMILES string of the molecule is CSCC[C@H](N)C(=O)NCC1CCC(C(=O)N[C@@H](C(=O)O)C(C)C)CC1.Cl. The average Bonchev–Trinajstić information content (AvgIpc) is 2.61. The van der Waals surface area contributed by atoms with Crippen molar-refractivity contribution in [3.8, 4) is 0 Å². The zero-order chi connectivity index (χ0) is 19.7. The van der Waals surface area contributed by atoms with Crippen molar-refractivity contribution in [2.45, 2.75) is 58.0 Å². The highest BCUT2D eigenvalue weighted by molar-refractivity contribution is 7.98. The molecule has 0 spiro atoms. The van der Waals surface area contributed by atoms with Crippen LogP contribution in [0.25, 0.3) is 0 Å². The Morgan fingerprint density at radius 3 is 2.26 bits per heavy atom. The third-order valence-corrected chi connectivity index (χ3v) is 5.63. The van der Waals surface area contributed by atoms with Crippen molar-refractivity contribution >= 4 is 42.0 Å². The van der Waals surface area contributed by atoms with Gasteiger partial charge < -0.3 is 21.5 Å². The number of carbonyl (C=O) groups is 3. The lowest BCUT2D eigenvalue weighted by molar-refractivity contribution is -0.144. The Hall–Kier alpha value is -0.990. The van der Waals surface area contributed by atoms with Crippen molar-refractivity contribution in [2.24, 2.45) is 23.5 Å². The van der Waals surface area contributed by atoms with E-state index in [9.17, 15) is 19.5 Å². The molecule has 27 heavy (non-hydrogen) atoms. The molecule has 158 valence electrons. The van der Waals surface area contributed by atoms with Gasteiger partial charge in [-0.25, -0.2) is 4.79 Å². The molecule has 0 radical (unpaired) electrons. The Balaban J connectivity index is 0.00000676. The van der Waals surface area contributed by atoms with Crippen molar-refractivity contribution in [1.82, 2.24) is 10.6 Å². The van der Waals surface area contributed by atoms with Crippen molar-refractivity contribution in [3.63, 3.8) is 0 Å². The number of thioether (sulfide) groups is 1. The van der Waals surface area contributed by atoms with Crippen LogP contribution in [0.5, 0.6) is 0 Å². The van der Waals surface area contributed by atoms with Crippen LogP contribution in [-0.4, -0.2) is 53.5 Å². The molecule has 0 saturated heterocycles. The molecule has 1 aliphatic rings. The highest BCUT2D eigenvalue weighted by atomic mass is 35.5. The summed E-state index contributed by atoms with van der Waals surface area (Å²) in [6.07, 6.45) is 5.78. The summed E-state index contributed by atoms with van der Waals surface area (Å²) in [4.78, 5) is 35.5. The summed E-state index contributed by atoms with van der Waals surface area (Å²) in [6, 6.07) is -1.31. The first-order valence-corrected chi connectivity index (χ1v) is 10.7. The van der Waals surface area contributed by atoms with Gasteiger partial charge in [-0.15, -0.1) is 12.4 Å². The van der Waals surface area contributed by atoms with Crippen molar-refractivity contribution in [2.75, 3.05) is 18.6 Å². The molecule has 1 rings (SSSR count). The third-order valence-electron chi connectivity index (χ3n) is 4.98. The predicted octanol–water partition coefficient (Wildman–Crippen LogP) is 1.64. The van der Waals surface area contributed by atoms with E-state index >= 15 is 0 Å². The number of halogens is 1. The number of hydrogen-bond acceptors (Lipinski definition) is 5. The van der Waals surface area contributed by atoms with Gasteiger partial charge in [-0.3, -0.25) is 9.59 Å². The third kappa shape index (κ3) is 9.17. The highest BCUT2D eigenvalue weighted by Crippen LogP contribution is 2.28. The molecule has 2 amide bonds. The van der Waals surface area contributed by atoms with Crippen LogP contribution in [0.15, 0.2) is 0 Å². The van der Waals surface area contributed by atoms with E-state index in [2.05, 4.69) is 10.6 Å². The maximum atomic E-state index is 12.3. The van der Waals surface area contributed by atoms with Crippen molar-refractivity contribution in [3.05, 3.63) is 0 Å². The minimum atomic E-state index is -0.998. The Morgan fingerprint density at radius 1 is 1.19 bits per heavy atom. The van der Waals surface area contributed by atoms with Crippen LogP contribution in [0.4, 0.5) is 0 Å². The van der Waals surface area contributed by atoms with E-state index in [1.165, 1.54) is 0 Å². The molecule has 1 aliphatic carbocycles. The molecular weight excluding hydrogens is 390 g/mol. The number of carbonyl (C=O) groups excluding carboxylic acids is 2. The fourth-order valence-corrected chi connectivity index (χ4v) is 3.66. The Labute approximate surface area is 172 Å². The molecule has 5 N–H and O–H groups in total. The second-order valence-corrected chi connectivity index (χ2v) is 8.40. The van der Waals surface area contributed by atoms with E-state index in [-0.39, 0.29) is 36.1 Å². The van der Waals surface area contributed by atoms with E-state index in [0.717, 1.165) is 31.4 Å². The smallest absolute Gasteiger partial charge is 0.326 e. The standard InChI is InChI=1S/C18H33N3O4S.ClH/c1-11(2)15(18(24)25)21-16(22)13-6-4-12(5-7-13)10-20-17(23)14(19)8-9-26-3;/h11-15H,4-10,19H2,1-3H3,(H,20,23)(H,21,22)(H,24,25);1H/t12?,13?,14-,15+;/m0./s1. The molecule has 7 nitrogen and oxygen atoms in total. The van der Waals surface area contributed by atoms with Crippen molar-refractivity contribution < 1.29 is 19.5 Å². The number of aliphatic carboxylic acids is 1. The molecule has 0 aromatic heterocycles. The zero-order valence-corrected chi connectivity index (χ0v) is 18.0. The molecule has 9 heteroatoms. The lowest BCUT2D eigenvalue weighted by Crippen LogP contribution is -2.47. The summed E-state index contributed by atoms with van der Waals surface area (Å²) in [5, 5.41) is 14.8. The van der Waals surface area contributed by atoms with E-state index in [1.807, 2.05) is 6.26 Å². The van der Waals surface area contributed by atoms with Crippen LogP contribution in [-0.2, 0) is 14.4 Å². The number of amides is 2. The summed E-state index contributed by atoms with van der Waals surface area (Å²) in [7, 11) is 0. The first-order valence-electron chi connectivity index (χ1n) is 9.31. The van der Waals surface area contributed by atoms with Crippen LogP contribution in [0, 0.1) is 17.8 Å². The zero-order valence-electron chi connectivity index (χ0n) is 16.4. The van der Waals surface area contributed by atoms with Crippen LogP contribution in [0.3, 0.4) is 0 Å². The minimum absolute atomic E-state index is 0. The Morgan fingerprint density at radius 2 is 1.78 bits per heavy atom. The van der Waals surface area contributed by atoms with Gasteiger partial charge in [0.25, 0.3) is 0 Å². The second-order valence-electron chi connectivity index (χ2n) is 7.42. The fraction of sp³-hybridized carbons (Fsp3) is 0.833. The summed E-state index contributed by atoms with van der Waals surface area (Å²) < 4.78 is 0. The van der Waals surface area contributed by atoms with Crippen LogP contribution in [0.1, 0.15) is 46.0 Å². The van der Waals surface area contributed by atoms with Gasteiger partial charge in [-0.1, -0.05) is 13.8 Å². The van der Waals surface area contributed by atoms with Gasteiger partial charge in [0, 0.05) is 12.5 Å². The monoisotopic (exact) mass is 423 g/mol. The Kier molecular flexibility index (Phi) is 12.7. The predicted molar refractivity (Wildman–Crippen MR) is 111 cm³/mol. The molecule has 0 aromatic rings. The van der Waals surface area contributed by atoms with Gasteiger partial charge in [0.05, 0.1) is 6.04 Å². The van der Waals surface area contributed by atoms with Gasteiger partial charge in [0.15, 0.2) is 0 Å². The number of rotatable bonds is 10. The molecule has 1 fully saturated rings. The normalized spacial score (nSPS) is 21.7. The first-order chi connectivity index (χ1) is 12.3. The molecular formula is C18H34ClN3O4S. The van der Waals surface area contributed by atoms with Gasteiger partial charge >= 0.3 is 5.97 Å². The Bertz CT molecular complexity index is 485. The molecule has 1 saturated carbocycles. The van der Waals surface area contributed by atoms with Crippen molar-refractivity contribution in [1.29, 1.82) is 0 Å². The van der Waals surface area contributed by atoms with Gasteiger partial charge in [-0.05, 0) is 55.9 Å². The second kappa shape index (κ2) is 13.2. The number of nitrogens with one attached hydrogen (secondary N) is 2. The lowest BCUT2D eigenvalue weighted by Gasteiger charge is -2.29. The fourth-order valence-electron chi connectivity index (χ4n) is 3.17. The summed E-state index contributed by atoms with van der Waals surface area (Å²) in [5.74, 6) is -0.376. The van der Waals surface area contributed by atoms with E-state index in [4.69, 9.17) is 5.73 Å². The van der Waals surface area contributed by atoms with E-state index in [1.54, 1.807) is 25.6 Å². The van der Waals surface area contributed by atoms with E-state index < -0.39 is 18.1 Å². The lowest BCUT2D eigenvalue weighted by atomic mass is 9.81. The molecule has 0 aliphatic heterocycles. The summed E-state index contributed by atoms with van der Waals surface area (Å²) in [5.41, 5.74) is 5.85. The molecule has 0 unspecified atom stereocenters. The topological polar surface area (TPSA) is 122 Å². The van der Waals surface area contributed by atoms with Gasteiger partial charge in [0.2, 0.25) is 11.8 Å². The van der Waals surface area contributed by atoms with Crippen LogP contribution >= 0.6 is 24.2 Å². The average molecular weight is 424 g/mol. The summed E-state index contributed by atoms with van der Waals surface area (Å²) in [6.45, 7) is 4.15. The number of carboxylic acids is 1. The quantitative estimate of drug-likeness (QED) is 0.423. The van der Waals surface area contributed by atoms with Crippen LogP contribution in [0.2, 0.25) is 0 Å². The largest absolute Gasteiger partial charge is 0.480 e. The molecule has 0 aromatic carbocycles. The summed E-state index contributed by atoms with van der Waals surface area (Å²) >= 11 is 1.67. The maximum Gasteiger partial charge on any atom is 0.326 e.